The first-order valence-corrected chi connectivity index (χ1v) is 8.21. The molecule has 0 bridgehead atoms. The Morgan fingerprint density at radius 3 is 2.50 bits per heavy atom. The molecule has 0 atom stereocenters. The number of amides is 1. The van der Waals surface area contributed by atoms with Gasteiger partial charge in [-0.25, -0.2) is 13.6 Å². The lowest BCUT2D eigenvalue weighted by Crippen LogP contribution is -2.28. The zero-order chi connectivity index (χ0) is 15.3. The van der Waals surface area contributed by atoms with Crippen LogP contribution < -0.4 is 5.14 Å². The number of primary sulfonamides is 1. The second-order valence-corrected chi connectivity index (χ2v) is 6.52. The van der Waals surface area contributed by atoms with Crippen molar-refractivity contribution >= 4 is 15.9 Å². The van der Waals surface area contributed by atoms with Gasteiger partial charge in [-0.3, -0.25) is 4.79 Å². The van der Waals surface area contributed by atoms with Crippen LogP contribution in [0, 0.1) is 6.92 Å². The first-order valence-electron chi connectivity index (χ1n) is 6.66. The van der Waals surface area contributed by atoms with E-state index in [1.165, 1.54) is 12.1 Å². The molecule has 2 N–H and O–H groups in total. The van der Waals surface area contributed by atoms with Gasteiger partial charge in [0.2, 0.25) is 10.0 Å². The standard InChI is InChI=1S/C14H22N2O3S/c1-4-5-6-9-16(3)14(17)13-10-12(20(15,18)19)8-7-11(13)2/h7-8,10H,4-6,9H2,1-3H3,(H2,15,18,19). The summed E-state index contributed by atoms with van der Waals surface area (Å²) in [5.41, 5.74) is 1.13. The smallest absolute Gasteiger partial charge is 0.253 e. The largest absolute Gasteiger partial charge is 0.342 e. The number of unbranched alkanes of at least 4 members (excludes halogenated alkanes) is 2. The summed E-state index contributed by atoms with van der Waals surface area (Å²) in [4.78, 5) is 13.9. The fourth-order valence-electron chi connectivity index (χ4n) is 1.91. The number of hydrogen-bond acceptors (Lipinski definition) is 3. The number of carbonyl (C=O) groups excluding carboxylic acids is 1. The van der Waals surface area contributed by atoms with Crippen LogP contribution >= 0.6 is 0 Å². The van der Waals surface area contributed by atoms with Crippen molar-refractivity contribution in [2.75, 3.05) is 13.6 Å². The molecule has 0 unspecified atom stereocenters. The summed E-state index contributed by atoms with van der Waals surface area (Å²) in [6.07, 6.45) is 3.09. The molecular formula is C14H22N2O3S. The predicted octanol–water partition coefficient (Wildman–Crippen LogP) is 1.90. The molecule has 0 saturated heterocycles. The van der Waals surface area contributed by atoms with E-state index < -0.39 is 10.0 Å². The molecule has 1 aromatic carbocycles. The summed E-state index contributed by atoms with van der Waals surface area (Å²) < 4.78 is 22.7. The molecule has 0 fully saturated rings. The summed E-state index contributed by atoms with van der Waals surface area (Å²) in [5, 5.41) is 5.10. The van der Waals surface area contributed by atoms with Gasteiger partial charge in [0, 0.05) is 19.2 Å². The molecule has 1 amide bonds. The zero-order valence-electron chi connectivity index (χ0n) is 12.2. The molecule has 0 aliphatic carbocycles. The Morgan fingerprint density at radius 2 is 1.95 bits per heavy atom. The Kier molecular flexibility index (Phi) is 5.71. The number of nitrogens with zero attached hydrogens (tertiary/aromatic N) is 1. The number of sulfonamides is 1. The van der Waals surface area contributed by atoms with Crippen molar-refractivity contribution in [2.45, 2.75) is 38.0 Å². The van der Waals surface area contributed by atoms with E-state index in [-0.39, 0.29) is 10.8 Å². The van der Waals surface area contributed by atoms with Crippen molar-refractivity contribution in [3.8, 4) is 0 Å². The Morgan fingerprint density at radius 1 is 1.30 bits per heavy atom. The molecule has 1 aromatic rings. The highest BCUT2D eigenvalue weighted by atomic mass is 32.2. The van der Waals surface area contributed by atoms with Crippen LogP contribution in [0.3, 0.4) is 0 Å². The molecule has 5 nitrogen and oxygen atoms in total. The average Bonchev–Trinajstić information content (AvgIpc) is 2.37. The minimum Gasteiger partial charge on any atom is -0.342 e. The minimum absolute atomic E-state index is 0.0339. The first kappa shape index (κ1) is 16.7. The van der Waals surface area contributed by atoms with Crippen molar-refractivity contribution < 1.29 is 13.2 Å². The van der Waals surface area contributed by atoms with Gasteiger partial charge >= 0.3 is 0 Å². The topological polar surface area (TPSA) is 80.5 Å². The highest BCUT2D eigenvalue weighted by molar-refractivity contribution is 7.89. The van der Waals surface area contributed by atoms with Crippen LogP contribution in [0.5, 0.6) is 0 Å². The lowest BCUT2D eigenvalue weighted by atomic mass is 10.1. The van der Waals surface area contributed by atoms with Gasteiger partial charge in [0.25, 0.3) is 5.91 Å². The number of rotatable bonds is 6. The maximum atomic E-state index is 12.3. The Bertz CT molecular complexity index is 582. The number of benzene rings is 1. The van der Waals surface area contributed by atoms with E-state index in [1.807, 2.05) is 0 Å². The van der Waals surface area contributed by atoms with Crippen molar-refractivity contribution in [3.05, 3.63) is 29.3 Å². The Balaban J connectivity index is 2.97. The molecule has 0 aliphatic heterocycles. The molecule has 0 spiro atoms. The van der Waals surface area contributed by atoms with Gasteiger partial charge < -0.3 is 4.90 Å². The molecule has 1 rings (SSSR count). The monoisotopic (exact) mass is 298 g/mol. The summed E-state index contributed by atoms with van der Waals surface area (Å²) in [5.74, 6) is -0.177. The summed E-state index contributed by atoms with van der Waals surface area (Å²) in [6, 6.07) is 4.37. The fraction of sp³-hybridized carbons (Fsp3) is 0.500. The zero-order valence-corrected chi connectivity index (χ0v) is 13.0. The number of hydrogen-bond donors (Lipinski definition) is 1. The van der Waals surface area contributed by atoms with Gasteiger partial charge in [-0.1, -0.05) is 25.8 Å². The van der Waals surface area contributed by atoms with Gasteiger partial charge in [-0.05, 0) is 31.0 Å². The fourth-order valence-corrected chi connectivity index (χ4v) is 2.45. The van der Waals surface area contributed by atoms with Crippen LogP contribution in [-0.2, 0) is 10.0 Å². The third-order valence-corrected chi connectivity index (χ3v) is 4.12. The number of carbonyl (C=O) groups is 1. The Labute approximate surface area is 120 Å². The summed E-state index contributed by atoms with van der Waals surface area (Å²) >= 11 is 0. The van der Waals surface area contributed by atoms with Crippen LogP contribution in [0.4, 0.5) is 0 Å². The quantitative estimate of drug-likeness (QED) is 0.815. The van der Waals surface area contributed by atoms with Gasteiger partial charge in [0.05, 0.1) is 4.90 Å². The SMILES string of the molecule is CCCCCN(C)C(=O)c1cc(S(N)(=O)=O)ccc1C. The third kappa shape index (κ3) is 4.31. The van der Waals surface area contributed by atoms with E-state index in [9.17, 15) is 13.2 Å². The van der Waals surface area contributed by atoms with Crippen molar-refractivity contribution in [1.82, 2.24) is 4.90 Å². The second kappa shape index (κ2) is 6.85. The molecule has 0 saturated carbocycles. The maximum Gasteiger partial charge on any atom is 0.253 e. The van der Waals surface area contributed by atoms with Crippen LogP contribution in [0.1, 0.15) is 42.1 Å². The second-order valence-electron chi connectivity index (χ2n) is 4.96. The van der Waals surface area contributed by atoms with E-state index in [4.69, 9.17) is 5.14 Å². The predicted molar refractivity (Wildman–Crippen MR) is 79.0 cm³/mol. The average molecular weight is 298 g/mol. The van der Waals surface area contributed by atoms with Crippen LogP contribution in [0.2, 0.25) is 0 Å². The first-order chi connectivity index (χ1) is 9.27. The lowest BCUT2D eigenvalue weighted by Gasteiger charge is -2.18. The van der Waals surface area contributed by atoms with E-state index in [1.54, 1.807) is 24.9 Å². The van der Waals surface area contributed by atoms with E-state index in [0.717, 1.165) is 24.8 Å². The van der Waals surface area contributed by atoms with Crippen molar-refractivity contribution in [2.24, 2.45) is 5.14 Å². The molecule has 20 heavy (non-hydrogen) atoms. The normalized spacial score (nSPS) is 11.4. The highest BCUT2D eigenvalue weighted by Gasteiger charge is 2.17. The molecule has 0 aromatic heterocycles. The lowest BCUT2D eigenvalue weighted by molar-refractivity contribution is 0.0791. The third-order valence-electron chi connectivity index (χ3n) is 3.21. The molecular weight excluding hydrogens is 276 g/mol. The van der Waals surface area contributed by atoms with Crippen molar-refractivity contribution in [3.63, 3.8) is 0 Å². The summed E-state index contributed by atoms with van der Waals surface area (Å²) in [7, 11) is -2.07. The maximum absolute atomic E-state index is 12.3. The van der Waals surface area contributed by atoms with Gasteiger partial charge in [-0.2, -0.15) is 0 Å². The number of aryl methyl sites for hydroxylation is 1. The molecule has 6 heteroatoms. The molecule has 112 valence electrons. The van der Waals surface area contributed by atoms with Crippen LogP contribution in [0.15, 0.2) is 23.1 Å². The van der Waals surface area contributed by atoms with Crippen LogP contribution in [-0.4, -0.2) is 32.8 Å². The van der Waals surface area contributed by atoms with Gasteiger partial charge in [0.15, 0.2) is 0 Å². The van der Waals surface area contributed by atoms with Gasteiger partial charge in [0.1, 0.15) is 0 Å². The molecule has 0 radical (unpaired) electrons. The van der Waals surface area contributed by atoms with Crippen LogP contribution in [0.25, 0.3) is 0 Å². The Hall–Kier alpha value is -1.40. The van der Waals surface area contributed by atoms with E-state index >= 15 is 0 Å². The summed E-state index contributed by atoms with van der Waals surface area (Å²) in [6.45, 7) is 4.54. The minimum atomic E-state index is -3.79. The van der Waals surface area contributed by atoms with Crippen molar-refractivity contribution in [1.29, 1.82) is 0 Å². The van der Waals surface area contributed by atoms with E-state index in [2.05, 4.69) is 6.92 Å². The van der Waals surface area contributed by atoms with Gasteiger partial charge in [-0.15, -0.1) is 0 Å². The molecule has 0 heterocycles. The molecule has 0 aliphatic rings. The highest BCUT2D eigenvalue weighted by Crippen LogP contribution is 2.16. The van der Waals surface area contributed by atoms with E-state index in [0.29, 0.717) is 12.1 Å². The number of nitrogens with two attached hydrogens (primary N) is 1.